The van der Waals surface area contributed by atoms with Gasteiger partial charge in [0.25, 0.3) is 0 Å². The first-order chi connectivity index (χ1) is 8.59. The Kier molecular flexibility index (Phi) is 3.57. The molecule has 0 aliphatic heterocycles. The number of para-hydroxylation sites is 1. The van der Waals surface area contributed by atoms with Crippen LogP contribution in [0.25, 0.3) is 11.0 Å². The largest absolute Gasteiger partial charge is 0.328 e. The summed E-state index contributed by atoms with van der Waals surface area (Å²) in [4.78, 5) is 3.01. The van der Waals surface area contributed by atoms with Crippen LogP contribution in [0.3, 0.4) is 0 Å². The van der Waals surface area contributed by atoms with E-state index in [0.717, 1.165) is 24.8 Å². The molecule has 1 aromatic carbocycles. The second kappa shape index (κ2) is 4.84. The van der Waals surface area contributed by atoms with Crippen molar-refractivity contribution >= 4 is 23.3 Å². The molecule has 2 nitrogen and oxygen atoms in total. The van der Waals surface area contributed by atoms with Gasteiger partial charge < -0.3 is 9.55 Å². The lowest BCUT2D eigenvalue weighted by Crippen LogP contribution is -2.31. The van der Waals surface area contributed by atoms with E-state index in [0.29, 0.717) is 10.3 Å². The second-order valence-electron chi connectivity index (χ2n) is 4.68. The number of hydrogen-bond donors (Lipinski definition) is 1. The Morgan fingerprint density at radius 1 is 1.22 bits per heavy atom. The van der Waals surface area contributed by atoms with Gasteiger partial charge >= 0.3 is 0 Å². The van der Waals surface area contributed by atoms with E-state index in [1.54, 1.807) is 6.07 Å². The second-order valence-corrected chi connectivity index (χ2v) is 5.07. The van der Waals surface area contributed by atoms with E-state index in [4.69, 9.17) is 12.2 Å². The summed E-state index contributed by atoms with van der Waals surface area (Å²) < 4.78 is 16.5. The lowest BCUT2D eigenvalue weighted by atomic mass is 9.89. The van der Waals surface area contributed by atoms with Gasteiger partial charge in [0.2, 0.25) is 0 Å². The fraction of sp³-hybridized carbons (Fsp3) is 0.500. The van der Waals surface area contributed by atoms with Gasteiger partial charge in [-0.15, -0.1) is 0 Å². The van der Waals surface area contributed by atoms with Crippen molar-refractivity contribution in [3.8, 4) is 0 Å². The number of nitrogens with one attached hydrogen (secondary N) is 1. The molecule has 1 aromatic heterocycles. The molecule has 18 heavy (non-hydrogen) atoms. The average molecular weight is 266 g/mol. The number of aromatic amines is 1. The SMILES string of the molecule is CCC(CC)(CC)n1c(=S)[nH]c2c(F)cccc21. The van der Waals surface area contributed by atoms with E-state index in [-0.39, 0.29) is 11.4 Å². The van der Waals surface area contributed by atoms with Crippen LogP contribution in [0.5, 0.6) is 0 Å². The quantitative estimate of drug-likeness (QED) is 0.791. The minimum Gasteiger partial charge on any atom is -0.328 e. The maximum absolute atomic E-state index is 13.8. The first kappa shape index (κ1) is 13.3. The molecule has 0 bridgehead atoms. The molecule has 4 heteroatoms. The molecule has 98 valence electrons. The number of nitrogens with zero attached hydrogens (tertiary/aromatic N) is 1. The summed E-state index contributed by atoms with van der Waals surface area (Å²) in [5.41, 5.74) is 1.36. The highest BCUT2D eigenvalue weighted by Gasteiger charge is 2.28. The Bertz CT molecular complexity index is 600. The zero-order valence-corrected chi connectivity index (χ0v) is 11.9. The fourth-order valence-electron chi connectivity index (χ4n) is 2.79. The van der Waals surface area contributed by atoms with Crippen molar-refractivity contribution in [3.63, 3.8) is 0 Å². The predicted octanol–water partition coefficient (Wildman–Crippen LogP) is 4.76. The van der Waals surface area contributed by atoms with Crippen LogP contribution in [0, 0.1) is 10.6 Å². The van der Waals surface area contributed by atoms with E-state index < -0.39 is 0 Å². The van der Waals surface area contributed by atoms with Crippen molar-refractivity contribution < 1.29 is 4.39 Å². The predicted molar refractivity (Wildman–Crippen MR) is 75.9 cm³/mol. The summed E-state index contributed by atoms with van der Waals surface area (Å²) in [7, 11) is 0. The number of aromatic nitrogens is 2. The molecule has 0 fully saturated rings. The number of rotatable bonds is 4. The average Bonchev–Trinajstić information content (AvgIpc) is 2.72. The van der Waals surface area contributed by atoms with Crippen LogP contribution in [-0.2, 0) is 5.54 Å². The van der Waals surface area contributed by atoms with Crippen LogP contribution < -0.4 is 0 Å². The van der Waals surface area contributed by atoms with Crippen LogP contribution in [0.2, 0.25) is 0 Å². The van der Waals surface area contributed by atoms with Crippen LogP contribution in [0.4, 0.5) is 4.39 Å². The van der Waals surface area contributed by atoms with Crippen molar-refractivity contribution in [2.75, 3.05) is 0 Å². The fourth-order valence-corrected chi connectivity index (χ4v) is 3.18. The summed E-state index contributed by atoms with van der Waals surface area (Å²) in [6.45, 7) is 6.48. The Hall–Kier alpha value is -1.16. The summed E-state index contributed by atoms with van der Waals surface area (Å²) in [6, 6.07) is 5.13. The summed E-state index contributed by atoms with van der Waals surface area (Å²) in [5, 5.41) is 0. The minimum absolute atomic E-state index is 0.0247. The lowest BCUT2D eigenvalue weighted by molar-refractivity contribution is 0.255. The number of hydrogen-bond acceptors (Lipinski definition) is 1. The monoisotopic (exact) mass is 266 g/mol. The number of imidazole rings is 1. The van der Waals surface area contributed by atoms with E-state index in [1.165, 1.54) is 6.07 Å². The molecule has 0 atom stereocenters. The smallest absolute Gasteiger partial charge is 0.178 e. The first-order valence-electron chi connectivity index (χ1n) is 6.49. The molecule has 2 rings (SSSR count). The first-order valence-corrected chi connectivity index (χ1v) is 6.90. The molecule has 0 unspecified atom stereocenters. The highest BCUT2D eigenvalue weighted by molar-refractivity contribution is 7.71. The Labute approximate surface area is 112 Å². The van der Waals surface area contributed by atoms with E-state index in [1.807, 2.05) is 6.07 Å². The molecule has 1 heterocycles. The van der Waals surface area contributed by atoms with Crippen molar-refractivity contribution in [2.24, 2.45) is 0 Å². The van der Waals surface area contributed by atoms with Gasteiger partial charge in [0.15, 0.2) is 4.77 Å². The van der Waals surface area contributed by atoms with E-state index >= 15 is 0 Å². The van der Waals surface area contributed by atoms with Gasteiger partial charge in [-0.3, -0.25) is 0 Å². The van der Waals surface area contributed by atoms with Crippen LogP contribution in [-0.4, -0.2) is 9.55 Å². The molecule has 0 amide bonds. The number of halogens is 1. The molecule has 0 aliphatic rings. The number of benzene rings is 1. The van der Waals surface area contributed by atoms with Crippen LogP contribution >= 0.6 is 12.2 Å². The maximum Gasteiger partial charge on any atom is 0.178 e. The molecular formula is C14H19FN2S. The molecule has 2 aromatic rings. The lowest BCUT2D eigenvalue weighted by Gasteiger charge is -2.33. The number of fused-ring (bicyclic) bond motifs is 1. The van der Waals surface area contributed by atoms with Crippen LogP contribution in [0.15, 0.2) is 18.2 Å². The highest BCUT2D eigenvalue weighted by atomic mass is 32.1. The van der Waals surface area contributed by atoms with Gasteiger partial charge in [-0.2, -0.15) is 0 Å². The third-order valence-corrected chi connectivity index (χ3v) is 4.40. The normalized spacial score (nSPS) is 12.2. The van der Waals surface area contributed by atoms with Crippen molar-refractivity contribution in [1.29, 1.82) is 0 Å². The van der Waals surface area contributed by atoms with Crippen molar-refractivity contribution in [2.45, 2.75) is 45.6 Å². The van der Waals surface area contributed by atoms with E-state index in [2.05, 4.69) is 30.3 Å². The van der Waals surface area contributed by atoms with Gasteiger partial charge in [-0.25, -0.2) is 4.39 Å². The standard InChI is InChI=1S/C14H19FN2S/c1-4-14(5-2,6-3)17-11-9-7-8-10(15)12(11)16-13(17)18/h7-9H,4-6H2,1-3H3,(H,16,18). The van der Waals surface area contributed by atoms with E-state index in [9.17, 15) is 4.39 Å². The third kappa shape index (κ3) is 1.79. The maximum atomic E-state index is 13.8. The van der Waals surface area contributed by atoms with Gasteiger partial charge in [0.05, 0.1) is 5.52 Å². The zero-order valence-electron chi connectivity index (χ0n) is 11.1. The minimum atomic E-state index is -0.241. The Morgan fingerprint density at radius 3 is 2.39 bits per heavy atom. The molecule has 1 N–H and O–H groups in total. The molecule has 0 aliphatic carbocycles. The molecular weight excluding hydrogens is 247 g/mol. The Morgan fingerprint density at radius 2 is 1.83 bits per heavy atom. The Balaban J connectivity index is 2.82. The van der Waals surface area contributed by atoms with Crippen molar-refractivity contribution in [1.82, 2.24) is 9.55 Å². The van der Waals surface area contributed by atoms with Gasteiger partial charge in [-0.1, -0.05) is 26.8 Å². The van der Waals surface area contributed by atoms with Gasteiger partial charge in [0, 0.05) is 5.54 Å². The highest BCUT2D eigenvalue weighted by Crippen LogP contribution is 2.33. The summed E-state index contributed by atoms with van der Waals surface area (Å²) in [5.74, 6) is -0.241. The third-order valence-electron chi connectivity index (χ3n) is 4.12. The van der Waals surface area contributed by atoms with Gasteiger partial charge in [0.1, 0.15) is 11.3 Å². The summed E-state index contributed by atoms with van der Waals surface area (Å²) >= 11 is 5.40. The van der Waals surface area contributed by atoms with Crippen LogP contribution in [0.1, 0.15) is 40.0 Å². The van der Waals surface area contributed by atoms with Crippen molar-refractivity contribution in [3.05, 3.63) is 28.8 Å². The topological polar surface area (TPSA) is 20.7 Å². The summed E-state index contributed by atoms with van der Waals surface area (Å²) in [6.07, 6.45) is 2.95. The number of H-pyrrole nitrogens is 1. The van der Waals surface area contributed by atoms with Gasteiger partial charge in [-0.05, 0) is 43.6 Å². The zero-order chi connectivity index (χ0) is 13.3. The molecule has 0 radical (unpaired) electrons. The molecule has 0 saturated heterocycles. The molecule has 0 saturated carbocycles. The molecule has 0 spiro atoms.